The third-order valence-electron chi connectivity index (χ3n) is 6.68. The van der Waals surface area contributed by atoms with Gasteiger partial charge in [0.25, 0.3) is 0 Å². The van der Waals surface area contributed by atoms with Gasteiger partial charge in [-0.2, -0.15) is 0 Å². The number of carbonyl (C=O) groups is 1. The van der Waals surface area contributed by atoms with Crippen molar-refractivity contribution >= 4 is 17.4 Å². The van der Waals surface area contributed by atoms with E-state index in [9.17, 15) is 4.79 Å². The maximum Gasteiger partial charge on any atom is 0.319 e. The van der Waals surface area contributed by atoms with Gasteiger partial charge in [-0.3, -0.25) is 0 Å². The van der Waals surface area contributed by atoms with Crippen molar-refractivity contribution in [1.82, 2.24) is 5.32 Å². The average Bonchev–Trinajstić information content (AvgIpc) is 2.84. The second-order valence-corrected chi connectivity index (χ2v) is 8.62. The monoisotopic (exact) mass is 423 g/mol. The van der Waals surface area contributed by atoms with Gasteiger partial charge in [0.05, 0.1) is 0 Å². The molecule has 0 saturated heterocycles. The normalized spacial score (nSPS) is 19.1. The van der Waals surface area contributed by atoms with Gasteiger partial charge in [-0.05, 0) is 47.2 Å². The van der Waals surface area contributed by atoms with E-state index in [1.807, 2.05) is 0 Å². The summed E-state index contributed by atoms with van der Waals surface area (Å²) in [5, 5.41) is 5.90. The first kappa shape index (κ1) is 20.4. The van der Waals surface area contributed by atoms with Crippen LogP contribution in [0.2, 0.25) is 0 Å². The number of hydrogen-bond acceptors (Lipinski definition) is 2. The van der Waals surface area contributed by atoms with E-state index in [0.29, 0.717) is 18.4 Å². The molecule has 2 atom stereocenters. The average molecular weight is 424 g/mol. The SMILES string of the molecule is C=CCNC(=O)Nc1cc2c3c(c1)[C@H](c1ccccc1)CCN3CC[C@H]2c1ccccc1. The van der Waals surface area contributed by atoms with Gasteiger partial charge in [-0.25, -0.2) is 4.79 Å². The molecule has 4 nitrogen and oxygen atoms in total. The number of amides is 2. The lowest BCUT2D eigenvalue weighted by Crippen LogP contribution is -2.38. The van der Waals surface area contributed by atoms with Crippen LogP contribution >= 0.6 is 0 Å². The molecule has 5 rings (SSSR count). The molecule has 0 saturated carbocycles. The molecule has 0 fully saturated rings. The van der Waals surface area contributed by atoms with Crippen molar-refractivity contribution in [3.8, 4) is 0 Å². The number of anilines is 2. The molecule has 3 aromatic carbocycles. The lowest BCUT2D eigenvalue weighted by molar-refractivity contribution is 0.253. The summed E-state index contributed by atoms with van der Waals surface area (Å²) in [6, 6.07) is 25.7. The highest BCUT2D eigenvalue weighted by Crippen LogP contribution is 2.49. The van der Waals surface area contributed by atoms with Crippen LogP contribution in [-0.2, 0) is 0 Å². The van der Waals surface area contributed by atoms with Gasteiger partial charge >= 0.3 is 6.03 Å². The van der Waals surface area contributed by atoms with E-state index in [0.717, 1.165) is 31.6 Å². The van der Waals surface area contributed by atoms with E-state index >= 15 is 0 Å². The summed E-state index contributed by atoms with van der Waals surface area (Å²) in [5.41, 5.74) is 7.53. The fourth-order valence-electron chi connectivity index (χ4n) is 5.27. The maximum atomic E-state index is 12.4. The Morgan fingerprint density at radius 1 is 0.906 bits per heavy atom. The summed E-state index contributed by atoms with van der Waals surface area (Å²) >= 11 is 0. The molecule has 0 unspecified atom stereocenters. The Balaban J connectivity index is 1.62. The fraction of sp³-hybridized carbons (Fsp3) is 0.250. The van der Waals surface area contributed by atoms with Crippen LogP contribution in [-0.4, -0.2) is 25.7 Å². The van der Waals surface area contributed by atoms with Gasteiger partial charge < -0.3 is 15.5 Å². The topological polar surface area (TPSA) is 44.4 Å². The highest BCUT2D eigenvalue weighted by molar-refractivity contribution is 5.90. The van der Waals surface area contributed by atoms with Crippen LogP contribution in [0.4, 0.5) is 16.2 Å². The quantitative estimate of drug-likeness (QED) is 0.504. The summed E-state index contributed by atoms with van der Waals surface area (Å²) in [5.74, 6) is 0.655. The molecule has 2 amide bonds. The molecular formula is C28H29N3O. The maximum absolute atomic E-state index is 12.4. The van der Waals surface area contributed by atoms with Crippen LogP contribution in [0.1, 0.15) is 46.9 Å². The molecule has 2 aliphatic heterocycles. The fourth-order valence-corrected chi connectivity index (χ4v) is 5.27. The van der Waals surface area contributed by atoms with Gasteiger partial charge in [0, 0.05) is 42.8 Å². The molecule has 0 aromatic heterocycles. The number of rotatable bonds is 5. The molecule has 0 aliphatic carbocycles. The summed E-state index contributed by atoms with van der Waals surface area (Å²) in [4.78, 5) is 15.0. The van der Waals surface area contributed by atoms with Gasteiger partial charge in [-0.1, -0.05) is 66.7 Å². The summed E-state index contributed by atoms with van der Waals surface area (Å²) in [7, 11) is 0. The van der Waals surface area contributed by atoms with E-state index < -0.39 is 0 Å². The first-order chi connectivity index (χ1) is 15.7. The van der Waals surface area contributed by atoms with Crippen molar-refractivity contribution in [2.75, 3.05) is 29.9 Å². The van der Waals surface area contributed by atoms with Crippen molar-refractivity contribution in [2.45, 2.75) is 24.7 Å². The van der Waals surface area contributed by atoms with Crippen molar-refractivity contribution < 1.29 is 4.79 Å². The van der Waals surface area contributed by atoms with E-state index in [-0.39, 0.29) is 6.03 Å². The second kappa shape index (κ2) is 8.91. The molecule has 162 valence electrons. The standard InChI is InChI=1S/C28H29N3O/c1-2-15-29-28(32)30-22-18-25-23(20-9-5-3-6-10-20)13-16-31-17-14-24(26(19-22)27(25)31)21-11-7-4-8-12-21/h2-12,18-19,23-24H,1,13-17H2,(H2,29,30,32)/t23-,24-/m0/s1. The van der Waals surface area contributed by atoms with Crippen molar-refractivity contribution in [3.63, 3.8) is 0 Å². The Bertz CT molecular complexity index is 1040. The zero-order valence-electron chi connectivity index (χ0n) is 18.3. The number of nitrogens with one attached hydrogen (secondary N) is 2. The highest BCUT2D eigenvalue weighted by Gasteiger charge is 2.35. The van der Waals surface area contributed by atoms with E-state index in [2.05, 4.69) is 94.9 Å². The molecule has 2 aliphatic rings. The minimum Gasteiger partial charge on any atom is -0.371 e. The molecule has 0 radical (unpaired) electrons. The van der Waals surface area contributed by atoms with Gasteiger partial charge in [0.15, 0.2) is 0 Å². The molecule has 3 aromatic rings. The highest BCUT2D eigenvalue weighted by atomic mass is 16.2. The Labute approximate surface area is 190 Å². The molecular weight excluding hydrogens is 394 g/mol. The Morgan fingerprint density at radius 2 is 1.44 bits per heavy atom. The molecule has 2 heterocycles. The van der Waals surface area contributed by atoms with Crippen molar-refractivity contribution in [3.05, 3.63) is 108 Å². The first-order valence-corrected chi connectivity index (χ1v) is 11.4. The minimum atomic E-state index is -0.201. The Hall–Kier alpha value is -3.53. The van der Waals surface area contributed by atoms with Gasteiger partial charge in [0.1, 0.15) is 0 Å². The number of nitrogens with zero attached hydrogens (tertiary/aromatic N) is 1. The first-order valence-electron chi connectivity index (χ1n) is 11.4. The van der Waals surface area contributed by atoms with Crippen LogP contribution in [0.5, 0.6) is 0 Å². The van der Waals surface area contributed by atoms with Crippen molar-refractivity contribution in [2.24, 2.45) is 0 Å². The van der Waals surface area contributed by atoms with E-state index in [1.165, 1.54) is 27.9 Å². The predicted octanol–water partition coefficient (Wildman–Crippen LogP) is 5.87. The van der Waals surface area contributed by atoms with Crippen LogP contribution in [0, 0.1) is 0 Å². The van der Waals surface area contributed by atoms with E-state index in [1.54, 1.807) is 6.08 Å². The lowest BCUT2D eigenvalue weighted by atomic mass is 9.76. The van der Waals surface area contributed by atoms with Gasteiger partial charge in [-0.15, -0.1) is 6.58 Å². The summed E-state index contributed by atoms with van der Waals surface area (Å²) in [6.07, 6.45) is 3.85. The molecule has 0 spiro atoms. The van der Waals surface area contributed by atoms with Crippen molar-refractivity contribution in [1.29, 1.82) is 0 Å². The van der Waals surface area contributed by atoms with Crippen LogP contribution in [0.25, 0.3) is 0 Å². The predicted molar refractivity (Wildman–Crippen MR) is 132 cm³/mol. The Morgan fingerprint density at radius 3 is 1.94 bits per heavy atom. The number of benzene rings is 3. The summed E-state index contributed by atoms with van der Waals surface area (Å²) < 4.78 is 0. The lowest BCUT2D eigenvalue weighted by Gasteiger charge is -2.43. The minimum absolute atomic E-state index is 0.201. The molecule has 0 bridgehead atoms. The third-order valence-corrected chi connectivity index (χ3v) is 6.68. The zero-order valence-corrected chi connectivity index (χ0v) is 18.3. The zero-order chi connectivity index (χ0) is 21.9. The summed E-state index contributed by atoms with van der Waals surface area (Å²) in [6.45, 7) is 6.25. The number of hydrogen-bond donors (Lipinski definition) is 2. The Kier molecular flexibility index (Phi) is 5.68. The number of urea groups is 1. The molecule has 32 heavy (non-hydrogen) atoms. The van der Waals surface area contributed by atoms with E-state index in [4.69, 9.17) is 0 Å². The molecule has 2 N–H and O–H groups in total. The molecule has 4 heteroatoms. The van der Waals surface area contributed by atoms with Gasteiger partial charge in [0.2, 0.25) is 0 Å². The van der Waals surface area contributed by atoms with Crippen LogP contribution in [0.3, 0.4) is 0 Å². The van der Waals surface area contributed by atoms with Crippen LogP contribution in [0.15, 0.2) is 85.5 Å². The largest absolute Gasteiger partial charge is 0.371 e. The third kappa shape index (κ3) is 3.89. The second-order valence-electron chi connectivity index (χ2n) is 8.62. The smallest absolute Gasteiger partial charge is 0.319 e. The van der Waals surface area contributed by atoms with Crippen LogP contribution < -0.4 is 15.5 Å². The number of carbonyl (C=O) groups excluding carboxylic acids is 1.